The van der Waals surface area contributed by atoms with E-state index in [0.29, 0.717) is 31.5 Å². The van der Waals surface area contributed by atoms with Gasteiger partial charge < -0.3 is 35.6 Å². The molecule has 0 aliphatic carbocycles. The monoisotopic (exact) mass is 738 g/mol. The average Bonchev–Trinajstić information content (AvgIpc) is 3.56. The van der Waals surface area contributed by atoms with Gasteiger partial charge in [-0.1, -0.05) is 54.9 Å². The zero-order valence-electron chi connectivity index (χ0n) is 32.3. The van der Waals surface area contributed by atoms with Crippen molar-refractivity contribution in [3.05, 3.63) is 24.3 Å². The first-order valence-electron chi connectivity index (χ1n) is 17.9. The van der Waals surface area contributed by atoms with E-state index >= 15 is 0 Å². The number of ether oxygens (including phenoxy) is 2. The molecule has 8 atom stereocenters. The number of carbonyl (C=O) groups is 4. The number of hydrogen-bond donors (Lipinski definition) is 4. The molecule has 0 bridgehead atoms. The molecule has 15 heteroatoms. The molecule has 0 saturated carbocycles. The van der Waals surface area contributed by atoms with Gasteiger partial charge in [0.25, 0.3) is 10.0 Å². The number of likely N-dealkylation sites (N-methyl/N-ethyl adjacent to an activating group) is 2. The van der Waals surface area contributed by atoms with Crippen LogP contribution in [0.25, 0.3) is 0 Å². The van der Waals surface area contributed by atoms with Crippen molar-refractivity contribution in [2.45, 2.75) is 115 Å². The minimum atomic E-state index is -4.17. The summed E-state index contributed by atoms with van der Waals surface area (Å²) in [6, 6.07) is 3.24. The van der Waals surface area contributed by atoms with Crippen LogP contribution in [0.4, 0.5) is 5.69 Å². The third-order valence-electron chi connectivity index (χ3n) is 10.2. The SMILES string of the molecule is CC[C@H](C)[C@@H]([C@@H](CC(=O)N1CCC[C@H]1[C@H](OC)[C@@H](C)C(=O)NS(=O)(=O)c1ccc(N)cc1)OC)N(C)C(=O)C(NC(=O)[C@@H](NC)C(C)C)C(C)C. The van der Waals surface area contributed by atoms with Gasteiger partial charge in [0.15, 0.2) is 0 Å². The fraction of sp³-hybridized carbons (Fsp3) is 0.722. The lowest BCUT2D eigenvalue weighted by Crippen LogP contribution is -2.59. The van der Waals surface area contributed by atoms with Gasteiger partial charge in [-0.05, 0) is 61.9 Å². The topological polar surface area (TPSA) is 189 Å². The smallest absolute Gasteiger partial charge is 0.264 e. The minimum absolute atomic E-state index is 0.0134. The molecule has 4 amide bonds. The summed E-state index contributed by atoms with van der Waals surface area (Å²) in [5.74, 6) is -2.70. The van der Waals surface area contributed by atoms with Crippen LogP contribution < -0.4 is 21.1 Å². The molecule has 5 N–H and O–H groups in total. The maximum absolute atomic E-state index is 14.1. The summed E-state index contributed by atoms with van der Waals surface area (Å²) in [4.78, 5) is 57.8. The molecule has 1 unspecified atom stereocenters. The van der Waals surface area contributed by atoms with Crippen LogP contribution in [0, 0.1) is 23.7 Å². The van der Waals surface area contributed by atoms with Crippen LogP contribution in [0.2, 0.25) is 0 Å². The number of rotatable bonds is 19. The van der Waals surface area contributed by atoms with Crippen LogP contribution in [0.5, 0.6) is 0 Å². The highest BCUT2D eigenvalue weighted by Crippen LogP contribution is 2.30. The number of nitrogens with two attached hydrogens (primary N) is 1. The van der Waals surface area contributed by atoms with Crippen LogP contribution in [0.3, 0.4) is 0 Å². The molecule has 1 heterocycles. The molecule has 1 fully saturated rings. The van der Waals surface area contributed by atoms with Crippen molar-refractivity contribution in [1.29, 1.82) is 0 Å². The van der Waals surface area contributed by atoms with Crippen molar-refractivity contribution in [3.63, 3.8) is 0 Å². The summed E-state index contributed by atoms with van der Waals surface area (Å²) in [5, 5.41) is 5.98. The average molecular weight is 739 g/mol. The summed E-state index contributed by atoms with van der Waals surface area (Å²) in [6.07, 6.45) is 0.398. The van der Waals surface area contributed by atoms with E-state index in [1.54, 1.807) is 30.8 Å². The molecular formula is C36H62N6O8S. The molecule has 1 aliphatic rings. The molecule has 2 rings (SSSR count). The Morgan fingerprint density at radius 1 is 0.961 bits per heavy atom. The van der Waals surface area contributed by atoms with E-state index in [9.17, 15) is 27.6 Å². The van der Waals surface area contributed by atoms with Gasteiger partial charge in [-0.3, -0.25) is 19.2 Å². The van der Waals surface area contributed by atoms with E-state index in [-0.39, 0.29) is 46.8 Å². The molecule has 0 radical (unpaired) electrons. The highest BCUT2D eigenvalue weighted by Gasteiger charge is 2.43. The molecule has 0 spiro atoms. The van der Waals surface area contributed by atoms with E-state index in [2.05, 4.69) is 15.4 Å². The molecule has 1 aromatic carbocycles. The van der Waals surface area contributed by atoms with Crippen LogP contribution in [-0.4, -0.2) is 113 Å². The van der Waals surface area contributed by atoms with Crippen molar-refractivity contribution in [1.82, 2.24) is 25.2 Å². The van der Waals surface area contributed by atoms with Gasteiger partial charge >= 0.3 is 0 Å². The Morgan fingerprint density at radius 2 is 1.55 bits per heavy atom. The first-order chi connectivity index (χ1) is 23.9. The zero-order chi connectivity index (χ0) is 38.8. The predicted octanol–water partition coefficient (Wildman–Crippen LogP) is 2.38. The second kappa shape index (κ2) is 19.5. The second-order valence-corrected chi connectivity index (χ2v) is 16.1. The zero-order valence-corrected chi connectivity index (χ0v) is 33.1. The molecule has 14 nitrogen and oxygen atoms in total. The number of hydrogen-bond acceptors (Lipinski definition) is 10. The van der Waals surface area contributed by atoms with Crippen molar-refractivity contribution in [2.24, 2.45) is 23.7 Å². The molecule has 51 heavy (non-hydrogen) atoms. The lowest BCUT2D eigenvalue weighted by atomic mass is 9.89. The molecule has 1 aromatic rings. The molecule has 1 aliphatic heterocycles. The van der Waals surface area contributed by atoms with Gasteiger partial charge in [0.1, 0.15) is 6.04 Å². The lowest BCUT2D eigenvalue weighted by Gasteiger charge is -2.41. The summed E-state index contributed by atoms with van der Waals surface area (Å²) < 4.78 is 39.7. The van der Waals surface area contributed by atoms with Gasteiger partial charge in [0.05, 0.1) is 47.6 Å². The Hall–Kier alpha value is -3.27. The molecular weight excluding hydrogens is 676 g/mol. The number of anilines is 1. The first kappa shape index (κ1) is 43.9. The van der Waals surface area contributed by atoms with Gasteiger partial charge in [-0.15, -0.1) is 0 Å². The number of methoxy groups -OCH3 is 2. The normalized spacial score (nSPS) is 19.2. The lowest BCUT2D eigenvalue weighted by molar-refractivity contribution is -0.147. The number of nitrogens with zero attached hydrogens (tertiary/aromatic N) is 2. The van der Waals surface area contributed by atoms with Crippen LogP contribution in [0.15, 0.2) is 29.2 Å². The van der Waals surface area contributed by atoms with Crippen LogP contribution >= 0.6 is 0 Å². The summed E-state index contributed by atoms with van der Waals surface area (Å²) >= 11 is 0. The van der Waals surface area contributed by atoms with Gasteiger partial charge in [0.2, 0.25) is 23.6 Å². The predicted molar refractivity (Wildman–Crippen MR) is 197 cm³/mol. The number of nitrogen functional groups attached to an aromatic ring is 1. The van der Waals surface area contributed by atoms with Crippen molar-refractivity contribution < 1.29 is 37.1 Å². The van der Waals surface area contributed by atoms with Gasteiger partial charge in [-0.2, -0.15) is 0 Å². The number of likely N-dealkylation sites (tertiary alicyclic amines) is 1. The van der Waals surface area contributed by atoms with E-state index in [1.165, 1.54) is 38.5 Å². The Balaban J connectivity index is 2.28. The number of carbonyl (C=O) groups excluding carboxylic acids is 4. The van der Waals surface area contributed by atoms with E-state index in [4.69, 9.17) is 15.2 Å². The highest BCUT2D eigenvalue weighted by atomic mass is 32.2. The quantitative estimate of drug-likeness (QED) is 0.154. The Bertz CT molecular complexity index is 1420. The largest absolute Gasteiger partial charge is 0.399 e. The Morgan fingerprint density at radius 3 is 2.04 bits per heavy atom. The fourth-order valence-corrected chi connectivity index (χ4v) is 8.04. The van der Waals surface area contributed by atoms with E-state index < -0.39 is 58.2 Å². The summed E-state index contributed by atoms with van der Waals surface area (Å²) in [6.45, 7) is 13.6. The first-order valence-corrected chi connectivity index (χ1v) is 19.4. The van der Waals surface area contributed by atoms with Crippen molar-refractivity contribution >= 4 is 39.3 Å². The van der Waals surface area contributed by atoms with Gasteiger partial charge in [0, 0.05) is 33.5 Å². The number of benzene rings is 1. The standard InChI is InChI=1S/C36H62N6O8S/c1-12-23(6)32(41(9)36(46)31(22(4)5)39-35(45)30(38-8)21(2)3)28(49-10)20-29(43)42-19-13-14-27(42)33(50-11)24(7)34(44)40-51(47,48)26-17-15-25(37)16-18-26/h15-18,21-24,27-28,30-33,38H,12-14,19-20,37H2,1-11H3,(H,39,45)(H,40,44)/t23-,24+,27-,28+,30-,31?,32-,33+/m0/s1. The number of nitrogens with one attached hydrogen (secondary N) is 3. The van der Waals surface area contributed by atoms with E-state index in [0.717, 1.165) is 0 Å². The van der Waals surface area contributed by atoms with Gasteiger partial charge in [-0.25, -0.2) is 13.1 Å². The Kier molecular flexibility index (Phi) is 16.8. The summed E-state index contributed by atoms with van der Waals surface area (Å²) in [7, 11) is 2.19. The Labute approximate surface area is 305 Å². The van der Waals surface area contributed by atoms with E-state index in [1.807, 2.05) is 41.5 Å². The van der Waals surface area contributed by atoms with Crippen LogP contribution in [-0.2, 0) is 38.7 Å². The third kappa shape index (κ3) is 11.1. The third-order valence-corrected chi connectivity index (χ3v) is 11.5. The summed E-state index contributed by atoms with van der Waals surface area (Å²) in [5.41, 5.74) is 6.06. The number of amides is 4. The van der Waals surface area contributed by atoms with Crippen LogP contribution in [0.1, 0.15) is 74.1 Å². The molecule has 1 saturated heterocycles. The van der Waals surface area contributed by atoms with Crippen molar-refractivity contribution in [3.8, 4) is 0 Å². The molecule has 290 valence electrons. The maximum Gasteiger partial charge on any atom is 0.264 e. The van der Waals surface area contributed by atoms with Crippen molar-refractivity contribution in [2.75, 3.05) is 40.6 Å². The fourth-order valence-electron chi connectivity index (χ4n) is 6.98. The minimum Gasteiger partial charge on any atom is -0.399 e. The molecule has 0 aromatic heterocycles. The number of sulfonamides is 1. The highest BCUT2D eigenvalue weighted by molar-refractivity contribution is 7.90. The maximum atomic E-state index is 14.1. The second-order valence-electron chi connectivity index (χ2n) is 14.4.